The molecule has 0 saturated heterocycles. The highest BCUT2D eigenvalue weighted by molar-refractivity contribution is 5.94. The van der Waals surface area contributed by atoms with Crippen LogP contribution in [0.15, 0.2) is 47.6 Å². The lowest BCUT2D eigenvalue weighted by Crippen LogP contribution is -2.26. The van der Waals surface area contributed by atoms with Crippen molar-refractivity contribution in [3.63, 3.8) is 0 Å². The van der Waals surface area contributed by atoms with Crippen LogP contribution in [0.1, 0.15) is 31.9 Å². The first-order chi connectivity index (χ1) is 12.9. The van der Waals surface area contributed by atoms with E-state index in [1.807, 2.05) is 57.2 Å². The zero-order valence-corrected chi connectivity index (χ0v) is 16.4. The zero-order valence-electron chi connectivity index (χ0n) is 16.4. The number of anilines is 1. The number of benzene rings is 2. The van der Waals surface area contributed by atoms with Gasteiger partial charge in [0.2, 0.25) is 6.10 Å². The third kappa shape index (κ3) is 6.33. The van der Waals surface area contributed by atoms with E-state index in [1.54, 1.807) is 20.1 Å². The van der Waals surface area contributed by atoms with Crippen molar-refractivity contribution in [2.75, 3.05) is 12.4 Å². The van der Waals surface area contributed by atoms with Crippen molar-refractivity contribution >= 4 is 17.8 Å². The molecule has 0 fully saturated rings. The number of aryl methyl sites for hydroxylation is 1. The summed E-state index contributed by atoms with van der Waals surface area (Å²) in [5.74, 6) is 1.00. The molecular formula is C21H26N2O4. The third-order valence-electron chi connectivity index (χ3n) is 3.63. The van der Waals surface area contributed by atoms with Gasteiger partial charge in [-0.25, -0.2) is 0 Å². The van der Waals surface area contributed by atoms with Crippen LogP contribution in [0.5, 0.6) is 11.5 Å². The molecule has 1 N–H and O–H groups in total. The minimum atomic E-state index is -0.729. The van der Waals surface area contributed by atoms with E-state index in [0.717, 1.165) is 16.8 Å². The Morgan fingerprint density at radius 1 is 1.11 bits per heavy atom. The number of hydrogen-bond donors (Lipinski definition) is 1. The van der Waals surface area contributed by atoms with Gasteiger partial charge in [-0.1, -0.05) is 17.3 Å². The Bertz CT molecular complexity index is 803. The van der Waals surface area contributed by atoms with Gasteiger partial charge in [0.1, 0.15) is 0 Å². The molecule has 0 saturated carbocycles. The molecule has 1 amide bonds. The molecule has 2 aromatic rings. The number of carbonyl (C=O) groups is 1. The second-order valence-electron chi connectivity index (χ2n) is 6.42. The molecule has 0 radical (unpaired) electrons. The van der Waals surface area contributed by atoms with Gasteiger partial charge >= 0.3 is 0 Å². The predicted molar refractivity (Wildman–Crippen MR) is 107 cm³/mol. The first kappa shape index (κ1) is 20.3. The van der Waals surface area contributed by atoms with Crippen LogP contribution in [0.3, 0.4) is 0 Å². The van der Waals surface area contributed by atoms with E-state index >= 15 is 0 Å². The lowest BCUT2D eigenvalue weighted by atomic mass is 10.2. The van der Waals surface area contributed by atoms with Crippen LogP contribution in [-0.2, 0) is 9.63 Å². The molecule has 1 atom stereocenters. The van der Waals surface area contributed by atoms with E-state index in [0.29, 0.717) is 11.5 Å². The quantitative estimate of drug-likeness (QED) is 0.559. The fourth-order valence-electron chi connectivity index (χ4n) is 2.31. The number of methoxy groups -OCH3 is 1. The highest BCUT2D eigenvalue weighted by Crippen LogP contribution is 2.28. The van der Waals surface area contributed by atoms with Gasteiger partial charge in [0.15, 0.2) is 11.5 Å². The molecule has 2 rings (SSSR count). The number of hydrogen-bond acceptors (Lipinski definition) is 5. The Morgan fingerprint density at radius 3 is 2.56 bits per heavy atom. The topological polar surface area (TPSA) is 69.2 Å². The summed E-state index contributed by atoms with van der Waals surface area (Å²) in [5.41, 5.74) is 2.57. The van der Waals surface area contributed by atoms with Crippen LogP contribution < -0.4 is 14.8 Å². The first-order valence-corrected chi connectivity index (χ1v) is 8.80. The normalized spacial score (nSPS) is 12.1. The molecule has 0 aromatic heterocycles. The molecular weight excluding hydrogens is 344 g/mol. The van der Waals surface area contributed by atoms with Crippen LogP contribution in [0.4, 0.5) is 5.69 Å². The van der Waals surface area contributed by atoms with E-state index in [4.69, 9.17) is 14.3 Å². The Morgan fingerprint density at radius 2 is 1.89 bits per heavy atom. The predicted octanol–water partition coefficient (Wildman–Crippen LogP) is 4.17. The van der Waals surface area contributed by atoms with Crippen molar-refractivity contribution in [1.29, 1.82) is 0 Å². The highest BCUT2D eigenvalue weighted by atomic mass is 16.6. The maximum Gasteiger partial charge on any atom is 0.267 e. The monoisotopic (exact) mass is 370 g/mol. The van der Waals surface area contributed by atoms with Gasteiger partial charge in [-0.05, 0) is 63.6 Å². The summed E-state index contributed by atoms with van der Waals surface area (Å²) < 4.78 is 11.0. The average molecular weight is 370 g/mol. The summed E-state index contributed by atoms with van der Waals surface area (Å²) >= 11 is 0. The fourth-order valence-corrected chi connectivity index (χ4v) is 2.31. The van der Waals surface area contributed by atoms with Gasteiger partial charge < -0.3 is 19.6 Å². The highest BCUT2D eigenvalue weighted by Gasteiger charge is 2.14. The van der Waals surface area contributed by atoms with Gasteiger partial charge in [0, 0.05) is 11.3 Å². The molecule has 0 unspecified atom stereocenters. The van der Waals surface area contributed by atoms with Crippen molar-refractivity contribution in [3.05, 3.63) is 53.6 Å². The number of rotatable bonds is 8. The molecule has 144 valence electrons. The van der Waals surface area contributed by atoms with Crippen LogP contribution >= 0.6 is 0 Å². The van der Waals surface area contributed by atoms with Crippen molar-refractivity contribution in [1.82, 2.24) is 0 Å². The molecule has 0 aliphatic heterocycles. The Kier molecular flexibility index (Phi) is 7.23. The molecule has 0 aliphatic rings. The molecule has 27 heavy (non-hydrogen) atoms. The molecule has 2 aromatic carbocycles. The van der Waals surface area contributed by atoms with E-state index in [2.05, 4.69) is 10.5 Å². The van der Waals surface area contributed by atoms with Crippen LogP contribution in [0, 0.1) is 6.92 Å². The lowest BCUT2D eigenvalue weighted by molar-refractivity contribution is -0.126. The molecule has 0 heterocycles. The van der Waals surface area contributed by atoms with Gasteiger partial charge in [-0.3, -0.25) is 4.79 Å². The molecule has 0 spiro atoms. The Hall–Kier alpha value is -3.02. The summed E-state index contributed by atoms with van der Waals surface area (Å²) in [6.45, 7) is 7.51. The number of carbonyl (C=O) groups excluding carboxylic acids is 1. The van der Waals surface area contributed by atoms with E-state index in [1.165, 1.54) is 6.21 Å². The van der Waals surface area contributed by atoms with Crippen LogP contribution in [-0.4, -0.2) is 31.4 Å². The summed E-state index contributed by atoms with van der Waals surface area (Å²) in [4.78, 5) is 17.4. The molecule has 0 bridgehead atoms. The van der Waals surface area contributed by atoms with Crippen LogP contribution in [0.25, 0.3) is 0 Å². The summed E-state index contributed by atoms with van der Waals surface area (Å²) in [5, 5.41) is 6.71. The van der Waals surface area contributed by atoms with Crippen LogP contribution in [0.2, 0.25) is 0 Å². The van der Waals surface area contributed by atoms with Crippen molar-refractivity contribution in [2.24, 2.45) is 5.16 Å². The third-order valence-corrected chi connectivity index (χ3v) is 3.63. The number of nitrogens with one attached hydrogen (secondary N) is 1. The molecule has 6 nitrogen and oxygen atoms in total. The fraction of sp³-hybridized carbons (Fsp3) is 0.333. The molecule has 0 aliphatic carbocycles. The van der Waals surface area contributed by atoms with Gasteiger partial charge in [0.05, 0.1) is 19.4 Å². The summed E-state index contributed by atoms with van der Waals surface area (Å²) in [6, 6.07) is 13.0. The average Bonchev–Trinajstić information content (AvgIpc) is 2.62. The minimum Gasteiger partial charge on any atom is -0.493 e. The number of nitrogens with zero attached hydrogens (tertiary/aromatic N) is 1. The van der Waals surface area contributed by atoms with E-state index in [9.17, 15) is 4.79 Å². The second kappa shape index (κ2) is 9.62. The lowest BCUT2D eigenvalue weighted by Gasteiger charge is -2.13. The first-order valence-electron chi connectivity index (χ1n) is 8.80. The van der Waals surface area contributed by atoms with Crippen molar-refractivity contribution in [2.45, 2.75) is 39.9 Å². The van der Waals surface area contributed by atoms with E-state index in [-0.39, 0.29) is 12.0 Å². The molecule has 6 heteroatoms. The Balaban J connectivity index is 1.94. The van der Waals surface area contributed by atoms with Gasteiger partial charge in [-0.15, -0.1) is 0 Å². The van der Waals surface area contributed by atoms with Crippen molar-refractivity contribution in [3.8, 4) is 11.5 Å². The standard InChI is InChI=1S/C21H26N2O4/c1-14(2)26-19-10-9-17(12-20(19)25-5)13-22-27-16(4)21(24)23-18-8-6-7-15(3)11-18/h6-14,16H,1-5H3,(H,23,24)/b22-13-/t16-/m0/s1. The second-order valence-corrected chi connectivity index (χ2v) is 6.42. The van der Waals surface area contributed by atoms with Gasteiger partial charge in [-0.2, -0.15) is 0 Å². The maximum absolute atomic E-state index is 12.2. The Labute approximate surface area is 160 Å². The SMILES string of the molecule is COc1cc(/C=N\O[C@@H](C)C(=O)Nc2cccc(C)c2)ccc1OC(C)C. The number of oxime groups is 1. The number of amides is 1. The number of ether oxygens (including phenoxy) is 2. The smallest absolute Gasteiger partial charge is 0.267 e. The largest absolute Gasteiger partial charge is 0.493 e. The van der Waals surface area contributed by atoms with Gasteiger partial charge in [0.25, 0.3) is 5.91 Å². The summed E-state index contributed by atoms with van der Waals surface area (Å²) in [7, 11) is 1.58. The van der Waals surface area contributed by atoms with E-state index < -0.39 is 6.10 Å². The minimum absolute atomic E-state index is 0.0505. The zero-order chi connectivity index (χ0) is 19.8. The maximum atomic E-state index is 12.2. The van der Waals surface area contributed by atoms with Crippen molar-refractivity contribution < 1.29 is 19.1 Å². The summed E-state index contributed by atoms with van der Waals surface area (Å²) in [6.07, 6.45) is 0.847.